The molecule has 5 heteroatoms. The number of hydrogen-bond acceptors (Lipinski definition) is 1. The summed E-state index contributed by atoms with van der Waals surface area (Å²) in [7, 11) is 0. The van der Waals surface area contributed by atoms with Crippen molar-refractivity contribution in [1.82, 2.24) is 4.57 Å². The van der Waals surface area contributed by atoms with Crippen molar-refractivity contribution in [2.24, 2.45) is 0 Å². The second kappa shape index (κ2) is 5.86. The fourth-order valence-electron chi connectivity index (χ4n) is 3.40. The average molecular weight is 310 g/mol. The minimum atomic E-state index is -4.20. The zero-order chi connectivity index (χ0) is 15.7. The highest BCUT2D eigenvalue weighted by atomic mass is 19.4. The van der Waals surface area contributed by atoms with Gasteiger partial charge >= 0.3 is 6.18 Å². The van der Waals surface area contributed by atoms with Crippen molar-refractivity contribution in [3.8, 4) is 0 Å². The molecule has 0 radical (unpaired) electrons. The first-order valence-corrected chi connectivity index (χ1v) is 7.86. The van der Waals surface area contributed by atoms with Gasteiger partial charge in [0.25, 0.3) is 0 Å². The Kier molecular flexibility index (Phi) is 4.06. The number of fused-ring (bicyclic) bond motifs is 1. The molecule has 2 nitrogen and oxygen atoms in total. The average Bonchev–Trinajstić information content (AvgIpc) is 2.76. The summed E-state index contributed by atoms with van der Waals surface area (Å²) < 4.78 is 39.6. The molecule has 1 saturated carbocycles. The second-order valence-corrected chi connectivity index (χ2v) is 6.20. The molecule has 120 valence electrons. The molecule has 1 heterocycles. The largest absolute Gasteiger partial charge is 0.406 e. The summed E-state index contributed by atoms with van der Waals surface area (Å²) in [5.74, 6) is 0. The third-order valence-corrected chi connectivity index (χ3v) is 4.46. The van der Waals surface area contributed by atoms with E-state index in [-0.39, 0.29) is 0 Å². The number of halogens is 3. The lowest BCUT2D eigenvalue weighted by atomic mass is 9.95. The summed E-state index contributed by atoms with van der Waals surface area (Å²) in [6, 6.07) is 7.85. The van der Waals surface area contributed by atoms with Gasteiger partial charge in [0.1, 0.15) is 6.54 Å². The van der Waals surface area contributed by atoms with E-state index in [9.17, 15) is 13.2 Å². The number of nitrogens with one attached hydrogen (secondary N) is 1. The van der Waals surface area contributed by atoms with E-state index in [1.807, 2.05) is 18.2 Å². The molecule has 0 spiro atoms. The van der Waals surface area contributed by atoms with Crippen molar-refractivity contribution < 1.29 is 13.2 Å². The van der Waals surface area contributed by atoms with Gasteiger partial charge in [-0.1, -0.05) is 25.3 Å². The van der Waals surface area contributed by atoms with Crippen LogP contribution < -0.4 is 5.32 Å². The number of alkyl halides is 3. The Labute approximate surface area is 128 Å². The molecule has 2 aromatic rings. The summed E-state index contributed by atoms with van der Waals surface area (Å²) in [5.41, 5.74) is 2.24. The van der Waals surface area contributed by atoms with E-state index in [0.717, 1.165) is 23.9 Å². The Bertz CT molecular complexity index is 652. The monoisotopic (exact) mass is 310 g/mol. The quantitative estimate of drug-likeness (QED) is 0.818. The molecule has 1 aliphatic rings. The van der Waals surface area contributed by atoms with E-state index < -0.39 is 12.7 Å². The molecule has 22 heavy (non-hydrogen) atoms. The smallest absolute Gasteiger partial charge is 0.382 e. The third kappa shape index (κ3) is 3.23. The number of anilines is 1. The van der Waals surface area contributed by atoms with Gasteiger partial charge in [-0.15, -0.1) is 0 Å². The highest BCUT2D eigenvalue weighted by Gasteiger charge is 2.29. The number of rotatable bonds is 3. The second-order valence-electron chi connectivity index (χ2n) is 6.20. The highest BCUT2D eigenvalue weighted by molar-refractivity contribution is 5.93. The normalized spacial score (nSPS) is 17.1. The molecule has 0 amide bonds. The van der Waals surface area contributed by atoms with E-state index in [2.05, 4.69) is 5.32 Å². The highest BCUT2D eigenvalue weighted by Crippen LogP contribution is 2.31. The first kappa shape index (κ1) is 15.3. The van der Waals surface area contributed by atoms with Gasteiger partial charge in [0, 0.05) is 22.8 Å². The predicted molar refractivity (Wildman–Crippen MR) is 83.2 cm³/mol. The van der Waals surface area contributed by atoms with E-state index >= 15 is 0 Å². The van der Waals surface area contributed by atoms with Crippen LogP contribution in [0.15, 0.2) is 24.3 Å². The molecule has 1 fully saturated rings. The van der Waals surface area contributed by atoms with Gasteiger partial charge in [-0.3, -0.25) is 0 Å². The summed E-state index contributed by atoms with van der Waals surface area (Å²) in [6.45, 7) is 0.797. The standard InChI is InChI=1S/C17H21F3N2/c1-12-10-14-15(21-13-6-3-2-4-7-13)8-5-9-16(14)22(12)11-17(18,19)20/h5,8-10,13,21H,2-4,6-7,11H2,1H3. The zero-order valence-electron chi connectivity index (χ0n) is 12.7. The van der Waals surface area contributed by atoms with Gasteiger partial charge in [0.05, 0.1) is 5.52 Å². The van der Waals surface area contributed by atoms with E-state index in [0.29, 0.717) is 17.3 Å². The van der Waals surface area contributed by atoms with Crippen LogP contribution in [0.4, 0.5) is 18.9 Å². The van der Waals surface area contributed by atoms with Crippen LogP contribution in [0, 0.1) is 6.92 Å². The molecule has 3 rings (SSSR count). The molecule has 1 N–H and O–H groups in total. The molecule has 0 bridgehead atoms. The van der Waals surface area contributed by atoms with Gasteiger partial charge in [-0.25, -0.2) is 0 Å². The molecule has 0 aliphatic heterocycles. The number of benzene rings is 1. The van der Waals surface area contributed by atoms with E-state index in [4.69, 9.17) is 0 Å². The topological polar surface area (TPSA) is 17.0 Å². The van der Waals surface area contributed by atoms with Crippen LogP contribution in [0.3, 0.4) is 0 Å². The van der Waals surface area contributed by atoms with Crippen molar-refractivity contribution in [2.45, 2.75) is 57.8 Å². The van der Waals surface area contributed by atoms with Crippen molar-refractivity contribution in [3.05, 3.63) is 30.0 Å². The number of aromatic nitrogens is 1. The van der Waals surface area contributed by atoms with Gasteiger partial charge < -0.3 is 9.88 Å². The first-order valence-electron chi connectivity index (χ1n) is 7.86. The molecule has 1 aliphatic carbocycles. The summed E-state index contributed by atoms with van der Waals surface area (Å²) in [6.07, 6.45) is 1.80. The lowest BCUT2D eigenvalue weighted by Gasteiger charge is -2.24. The van der Waals surface area contributed by atoms with Gasteiger partial charge in [0.15, 0.2) is 0 Å². The van der Waals surface area contributed by atoms with Gasteiger partial charge in [-0.05, 0) is 38.0 Å². The van der Waals surface area contributed by atoms with Crippen LogP contribution in [-0.2, 0) is 6.54 Å². The van der Waals surface area contributed by atoms with Crippen LogP contribution in [0.2, 0.25) is 0 Å². The van der Waals surface area contributed by atoms with Crippen molar-refractivity contribution in [2.75, 3.05) is 5.32 Å². The van der Waals surface area contributed by atoms with E-state index in [1.165, 1.54) is 23.8 Å². The van der Waals surface area contributed by atoms with Gasteiger partial charge in [-0.2, -0.15) is 13.2 Å². The number of hydrogen-bond donors (Lipinski definition) is 1. The van der Waals surface area contributed by atoms with Gasteiger partial charge in [0.2, 0.25) is 0 Å². The Morgan fingerprint density at radius 1 is 1.18 bits per heavy atom. The number of aryl methyl sites for hydroxylation is 1. The van der Waals surface area contributed by atoms with Crippen LogP contribution in [0.1, 0.15) is 37.8 Å². The lowest BCUT2D eigenvalue weighted by Crippen LogP contribution is -2.22. The van der Waals surface area contributed by atoms with Crippen LogP contribution in [0.5, 0.6) is 0 Å². The van der Waals surface area contributed by atoms with E-state index in [1.54, 1.807) is 13.0 Å². The summed E-state index contributed by atoms with van der Waals surface area (Å²) in [4.78, 5) is 0. The molecule has 0 atom stereocenters. The molecule has 0 unspecified atom stereocenters. The fraction of sp³-hybridized carbons (Fsp3) is 0.529. The maximum absolute atomic E-state index is 12.8. The first-order chi connectivity index (χ1) is 10.4. The Morgan fingerprint density at radius 3 is 2.59 bits per heavy atom. The lowest BCUT2D eigenvalue weighted by molar-refractivity contribution is -0.140. The van der Waals surface area contributed by atoms with Crippen LogP contribution in [-0.4, -0.2) is 16.8 Å². The third-order valence-electron chi connectivity index (χ3n) is 4.46. The summed E-state index contributed by atoms with van der Waals surface area (Å²) in [5, 5.41) is 4.42. The van der Waals surface area contributed by atoms with Crippen molar-refractivity contribution in [1.29, 1.82) is 0 Å². The minimum absolute atomic E-state index is 0.436. The predicted octanol–water partition coefficient (Wildman–Crippen LogP) is 5.26. The molecule has 0 saturated heterocycles. The molecular weight excluding hydrogens is 289 g/mol. The zero-order valence-corrected chi connectivity index (χ0v) is 12.7. The maximum atomic E-state index is 12.8. The number of nitrogens with zero attached hydrogens (tertiary/aromatic N) is 1. The Hall–Kier alpha value is -1.65. The Balaban J connectivity index is 1.93. The van der Waals surface area contributed by atoms with Crippen LogP contribution in [0.25, 0.3) is 10.9 Å². The SMILES string of the molecule is Cc1cc2c(NC3CCCCC3)cccc2n1CC(F)(F)F. The minimum Gasteiger partial charge on any atom is -0.382 e. The van der Waals surface area contributed by atoms with Crippen molar-refractivity contribution >= 4 is 16.6 Å². The molecule has 1 aromatic heterocycles. The summed E-state index contributed by atoms with van der Waals surface area (Å²) >= 11 is 0. The molecular formula is C17H21F3N2. The fourth-order valence-corrected chi connectivity index (χ4v) is 3.40. The van der Waals surface area contributed by atoms with Crippen molar-refractivity contribution in [3.63, 3.8) is 0 Å². The van der Waals surface area contributed by atoms with Crippen LogP contribution >= 0.6 is 0 Å². The Morgan fingerprint density at radius 2 is 1.91 bits per heavy atom. The molecule has 1 aromatic carbocycles. The maximum Gasteiger partial charge on any atom is 0.406 e.